The number of nitrogens with zero attached hydrogens (tertiary/aromatic N) is 5. The standard InChI is InChI=1S/C21H26BrN5O2/c1-21(2,3)15-6-8-16(9-7-15)29-14-27-11-10-18(24-27)20(28)25(4)13-19-17(22)12-23-26(19)5/h6-12H,13-14H2,1-5H3. The van der Waals surface area contributed by atoms with Crippen LogP contribution in [0.25, 0.3) is 0 Å². The van der Waals surface area contributed by atoms with Crippen LogP contribution in [0.1, 0.15) is 42.5 Å². The van der Waals surface area contributed by atoms with Gasteiger partial charge in [0.05, 0.1) is 22.9 Å². The number of amides is 1. The molecule has 154 valence electrons. The average molecular weight is 460 g/mol. The van der Waals surface area contributed by atoms with E-state index >= 15 is 0 Å². The maximum atomic E-state index is 12.7. The molecule has 3 aromatic rings. The molecule has 2 heterocycles. The molecule has 0 aliphatic rings. The van der Waals surface area contributed by atoms with E-state index in [1.165, 1.54) is 5.56 Å². The predicted octanol–water partition coefficient (Wildman–Crippen LogP) is 3.99. The van der Waals surface area contributed by atoms with Crippen LogP contribution in [0, 0.1) is 0 Å². The SMILES string of the molecule is CN(Cc1c(Br)cnn1C)C(=O)c1ccn(COc2ccc(C(C)(C)C)cc2)n1. The minimum absolute atomic E-state index is 0.104. The maximum absolute atomic E-state index is 12.7. The lowest BCUT2D eigenvalue weighted by Crippen LogP contribution is -2.28. The van der Waals surface area contributed by atoms with E-state index in [1.54, 1.807) is 39.8 Å². The van der Waals surface area contributed by atoms with Gasteiger partial charge in [0.2, 0.25) is 0 Å². The molecule has 2 aromatic heterocycles. The summed E-state index contributed by atoms with van der Waals surface area (Å²) in [5.74, 6) is 0.603. The number of hydrogen-bond acceptors (Lipinski definition) is 4. The second-order valence-corrected chi connectivity index (χ2v) is 8.87. The van der Waals surface area contributed by atoms with E-state index in [9.17, 15) is 4.79 Å². The molecule has 0 bridgehead atoms. The van der Waals surface area contributed by atoms with Crippen LogP contribution >= 0.6 is 15.9 Å². The zero-order valence-corrected chi connectivity index (χ0v) is 19.0. The van der Waals surface area contributed by atoms with Crippen molar-refractivity contribution in [2.75, 3.05) is 7.05 Å². The van der Waals surface area contributed by atoms with Crippen LogP contribution in [-0.4, -0.2) is 37.4 Å². The average Bonchev–Trinajstić information content (AvgIpc) is 3.27. The molecule has 1 amide bonds. The van der Waals surface area contributed by atoms with Crippen molar-refractivity contribution in [1.29, 1.82) is 0 Å². The normalized spacial score (nSPS) is 11.5. The van der Waals surface area contributed by atoms with Crippen LogP contribution in [0.5, 0.6) is 5.75 Å². The van der Waals surface area contributed by atoms with Crippen molar-refractivity contribution in [2.24, 2.45) is 7.05 Å². The minimum Gasteiger partial charge on any atom is -0.471 e. The highest BCUT2D eigenvalue weighted by Gasteiger charge is 2.18. The van der Waals surface area contributed by atoms with Crippen LogP contribution in [0.2, 0.25) is 0 Å². The smallest absolute Gasteiger partial charge is 0.274 e. The Kier molecular flexibility index (Phi) is 6.12. The lowest BCUT2D eigenvalue weighted by Gasteiger charge is -2.19. The van der Waals surface area contributed by atoms with Gasteiger partial charge < -0.3 is 9.64 Å². The van der Waals surface area contributed by atoms with Gasteiger partial charge in [-0.3, -0.25) is 9.48 Å². The number of hydrogen-bond donors (Lipinski definition) is 0. The maximum Gasteiger partial charge on any atom is 0.274 e. The van der Waals surface area contributed by atoms with Crippen molar-refractivity contribution in [1.82, 2.24) is 24.5 Å². The molecule has 0 N–H and O–H groups in total. The molecule has 0 unspecified atom stereocenters. The van der Waals surface area contributed by atoms with E-state index in [2.05, 4.69) is 59.0 Å². The molecule has 29 heavy (non-hydrogen) atoms. The number of ether oxygens (including phenoxy) is 1. The van der Waals surface area contributed by atoms with E-state index in [1.807, 2.05) is 19.2 Å². The van der Waals surface area contributed by atoms with Crippen molar-refractivity contribution in [3.63, 3.8) is 0 Å². The number of aromatic nitrogens is 4. The molecule has 0 aliphatic carbocycles. The van der Waals surface area contributed by atoms with Gasteiger partial charge in [-0.1, -0.05) is 32.9 Å². The van der Waals surface area contributed by atoms with Crippen molar-refractivity contribution >= 4 is 21.8 Å². The van der Waals surface area contributed by atoms with Crippen molar-refractivity contribution in [3.05, 3.63) is 64.1 Å². The summed E-state index contributed by atoms with van der Waals surface area (Å²) in [7, 11) is 3.59. The van der Waals surface area contributed by atoms with Gasteiger partial charge in [0, 0.05) is 20.3 Å². The molecule has 3 rings (SSSR count). The molecule has 0 spiro atoms. The first-order valence-corrected chi connectivity index (χ1v) is 10.1. The number of carbonyl (C=O) groups is 1. The minimum atomic E-state index is -0.161. The highest BCUT2D eigenvalue weighted by atomic mass is 79.9. The number of aryl methyl sites for hydroxylation is 1. The molecule has 7 nitrogen and oxygen atoms in total. The van der Waals surface area contributed by atoms with E-state index in [0.717, 1.165) is 15.9 Å². The summed E-state index contributed by atoms with van der Waals surface area (Å²) >= 11 is 3.46. The summed E-state index contributed by atoms with van der Waals surface area (Å²) in [4.78, 5) is 14.3. The van der Waals surface area contributed by atoms with E-state index in [-0.39, 0.29) is 18.1 Å². The Labute approximate surface area is 179 Å². The summed E-state index contributed by atoms with van der Waals surface area (Å²) in [5, 5.41) is 8.52. The zero-order valence-electron chi connectivity index (χ0n) is 17.4. The van der Waals surface area contributed by atoms with Gasteiger partial charge in [0.25, 0.3) is 5.91 Å². The highest BCUT2D eigenvalue weighted by molar-refractivity contribution is 9.10. The lowest BCUT2D eigenvalue weighted by molar-refractivity contribution is 0.0773. The Morgan fingerprint density at radius 3 is 2.48 bits per heavy atom. The van der Waals surface area contributed by atoms with Gasteiger partial charge in [-0.25, -0.2) is 4.68 Å². The first kappa shape index (κ1) is 21.1. The van der Waals surface area contributed by atoms with Crippen LogP contribution in [0.15, 0.2) is 47.2 Å². The molecule has 0 radical (unpaired) electrons. The number of rotatable bonds is 6. The van der Waals surface area contributed by atoms with E-state index in [4.69, 9.17) is 4.74 Å². The Bertz CT molecular complexity index is 966. The number of halogens is 1. The second-order valence-electron chi connectivity index (χ2n) is 8.01. The number of carbonyl (C=O) groups excluding carboxylic acids is 1. The van der Waals surface area contributed by atoms with Gasteiger partial charge in [-0.2, -0.15) is 10.2 Å². The summed E-state index contributed by atoms with van der Waals surface area (Å²) in [5.41, 5.74) is 2.65. The Hall–Kier alpha value is -2.61. The first-order chi connectivity index (χ1) is 13.6. The molecule has 0 saturated heterocycles. The molecular formula is C21H26BrN5O2. The van der Waals surface area contributed by atoms with Gasteiger partial charge >= 0.3 is 0 Å². The third-order valence-corrected chi connectivity index (χ3v) is 5.35. The molecular weight excluding hydrogens is 434 g/mol. The fourth-order valence-electron chi connectivity index (χ4n) is 2.85. The molecule has 1 aromatic carbocycles. The van der Waals surface area contributed by atoms with Crippen LogP contribution in [0.4, 0.5) is 0 Å². The van der Waals surface area contributed by atoms with Gasteiger partial charge in [0.1, 0.15) is 5.75 Å². The van der Waals surface area contributed by atoms with Crippen LogP contribution < -0.4 is 4.74 Å². The quantitative estimate of drug-likeness (QED) is 0.558. The van der Waals surface area contributed by atoms with Crippen LogP contribution in [0.3, 0.4) is 0 Å². The van der Waals surface area contributed by atoms with Crippen LogP contribution in [-0.2, 0) is 25.7 Å². The third kappa shape index (κ3) is 5.06. The van der Waals surface area contributed by atoms with Crippen molar-refractivity contribution in [2.45, 2.75) is 39.5 Å². The second kappa shape index (κ2) is 8.41. The highest BCUT2D eigenvalue weighted by Crippen LogP contribution is 2.24. The zero-order chi connectivity index (χ0) is 21.2. The fourth-order valence-corrected chi connectivity index (χ4v) is 3.32. The topological polar surface area (TPSA) is 65.2 Å². The summed E-state index contributed by atoms with van der Waals surface area (Å²) in [6.07, 6.45) is 3.46. The van der Waals surface area contributed by atoms with Crippen molar-refractivity contribution in [3.8, 4) is 5.75 Å². The van der Waals surface area contributed by atoms with Crippen molar-refractivity contribution < 1.29 is 9.53 Å². The molecule has 0 saturated carbocycles. The summed E-state index contributed by atoms with van der Waals surface area (Å²) in [6, 6.07) is 9.74. The molecule has 0 atom stereocenters. The van der Waals surface area contributed by atoms with E-state index in [0.29, 0.717) is 12.2 Å². The van der Waals surface area contributed by atoms with Gasteiger partial charge in [-0.05, 0) is 45.1 Å². The first-order valence-electron chi connectivity index (χ1n) is 9.34. The summed E-state index contributed by atoms with van der Waals surface area (Å²) in [6.45, 7) is 7.19. The summed E-state index contributed by atoms with van der Waals surface area (Å²) < 4.78 is 10.0. The van der Waals surface area contributed by atoms with Gasteiger partial charge in [0.15, 0.2) is 12.4 Å². The lowest BCUT2D eigenvalue weighted by atomic mass is 9.87. The monoisotopic (exact) mass is 459 g/mol. The Morgan fingerprint density at radius 2 is 1.90 bits per heavy atom. The Morgan fingerprint density at radius 1 is 1.21 bits per heavy atom. The largest absolute Gasteiger partial charge is 0.471 e. The number of benzene rings is 1. The van der Waals surface area contributed by atoms with Gasteiger partial charge in [-0.15, -0.1) is 0 Å². The molecule has 0 aliphatic heterocycles. The predicted molar refractivity (Wildman–Crippen MR) is 115 cm³/mol. The third-order valence-electron chi connectivity index (χ3n) is 4.69. The molecule has 0 fully saturated rings. The molecule has 8 heteroatoms. The Balaban J connectivity index is 1.59. The fraction of sp³-hybridized carbons (Fsp3) is 0.381. The van der Waals surface area contributed by atoms with E-state index < -0.39 is 0 Å².